The highest BCUT2D eigenvalue weighted by molar-refractivity contribution is 6.01. The summed E-state index contributed by atoms with van der Waals surface area (Å²) in [5.41, 5.74) is -1.30. The minimum absolute atomic E-state index is 0.117. The number of benzene rings is 1. The smallest absolute Gasteiger partial charge is 0.338 e. The van der Waals surface area contributed by atoms with E-state index < -0.39 is 17.4 Å². The van der Waals surface area contributed by atoms with Gasteiger partial charge in [0.05, 0.1) is 30.2 Å². The summed E-state index contributed by atoms with van der Waals surface area (Å²) in [4.78, 5) is 22.8. The quantitative estimate of drug-likeness (QED) is 0.658. The monoisotopic (exact) mass is 281 g/mol. The highest BCUT2D eigenvalue weighted by Crippen LogP contribution is 2.21. The molecule has 0 heterocycles. The number of aliphatic hydroxyl groups is 2. The van der Waals surface area contributed by atoms with Crippen molar-refractivity contribution in [3.05, 3.63) is 35.4 Å². The number of carbonyl (C=O) groups is 2. The van der Waals surface area contributed by atoms with Gasteiger partial charge < -0.3 is 24.9 Å². The highest BCUT2D eigenvalue weighted by Gasteiger charge is 2.29. The van der Waals surface area contributed by atoms with Gasteiger partial charge in [0.25, 0.3) is 0 Å². The van der Waals surface area contributed by atoms with Crippen molar-refractivity contribution in [1.82, 2.24) is 0 Å². The van der Waals surface area contributed by atoms with Crippen LogP contribution in [0.25, 0.3) is 0 Å². The van der Waals surface area contributed by atoms with Gasteiger partial charge in [-0.1, -0.05) is 25.1 Å². The first-order valence-electron chi connectivity index (χ1n) is 6.19. The lowest BCUT2D eigenvalue weighted by atomic mass is 9.88. The number of hydrogen-bond acceptors (Lipinski definition) is 6. The molecule has 110 valence electrons. The second-order valence-electron chi connectivity index (χ2n) is 4.58. The van der Waals surface area contributed by atoms with E-state index in [0.29, 0.717) is 6.42 Å². The van der Waals surface area contributed by atoms with Gasteiger partial charge in [-0.25, -0.2) is 4.79 Å². The van der Waals surface area contributed by atoms with E-state index in [0.717, 1.165) is 0 Å². The predicted molar refractivity (Wildman–Crippen MR) is 68.0 cm³/mol. The lowest BCUT2D eigenvalue weighted by molar-refractivity contribution is -0.255. The van der Waals surface area contributed by atoms with Gasteiger partial charge in [0.2, 0.25) is 0 Å². The van der Waals surface area contributed by atoms with Crippen LogP contribution in [0.1, 0.15) is 34.1 Å². The molecule has 0 spiro atoms. The van der Waals surface area contributed by atoms with Crippen LogP contribution < -0.4 is 5.11 Å². The van der Waals surface area contributed by atoms with Crippen LogP contribution in [0.4, 0.5) is 0 Å². The minimum atomic E-state index is -1.47. The Morgan fingerprint density at radius 2 is 1.75 bits per heavy atom. The van der Waals surface area contributed by atoms with Crippen LogP contribution in [-0.4, -0.2) is 42.0 Å². The Morgan fingerprint density at radius 3 is 2.20 bits per heavy atom. The second-order valence-corrected chi connectivity index (χ2v) is 4.58. The van der Waals surface area contributed by atoms with Crippen molar-refractivity contribution in [3.63, 3.8) is 0 Å². The number of carboxylic acids is 1. The van der Waals surface area contributed by atoms with Crippen molar-refractivity contribution in [2.75, 3.05) is 19.8 Å². The number of carboxylic acid groups (broad SMARTS) is 1. The second kappa shape index (κ2) is 7.02. The van der Waals surface area contributed by atoms with Gasteiger partial charge in [-0.15, -0.1) is 0 Å². The topological polar surface area (TPSA) is 107 Å². The molecular weight excluding hydrogens is 264 g/mol. The summed E-state index contributed by atoms with van der Waals surface area (Å²) in [5.74, 6) is -2.30. The van der Waals surface area contributed by atoms with Gasteiger partial charge in [-0.05, 0) is 12.5 Å². The Balaban J connectivity index is 2.85. The molecule has 0 amide bonds. The van der Waals surface area contributed by atoms with Gasteiger partial charge in [-0.3, -0.25) is 0 Å². The van der Waals surface area contributed by atoms with Crippen LogP contribution >= 0.6 is 0 Å². The first kappa shape index (κ1) is 16.1. The van der Waals surface area contributed by atoms with E-state index in [4.69, 9.17) is 4.74 Å². The summed E-state index contributed by atoms with van der Waals surface area (Å²) in [7, 11) is 0. The zero-order valence-electron chi connectivity index (χ0n) is 11.2. The molecule has 0 atom stereocenters. The van der Waals surface area contributed by atoms with Crippen molar-refractivity contribution in [2.24, 2.45) is 5.41 Å². The number of aliphatic hydroxyl groups excluding tert-OH is 2. The average molecular weight is 281 g/mol. The fourth-order valence-electron chi connectivity index (χ4n) is 1.60. The Labute approximate surface area is 116 Å². The predicted octanol–water partition coefficient (Wildman–Crippen LogP) is -0.412. The molecule has 2 N–H and O–H groups in total. The maximum absolute atomic E-state index is 11.9. The first-order chi connectivity index (χ1) is 9.49. The molecule has 1 rings (SSSR count). The van der Waals surface area contributed by atoms with Crippen LogP contribution in [0.2, 0.25) is 0 Å². The number of aromatic carboxylic acids is 1. The van der Waals surface area contributed by atoms with E-state index in [1.165, 1.54) is 24.3 Å². The summed E-state index contributed by atoms with van der Waals surface area (Å²) >= 11 is 0. The van der Waals surface area contributed by atoms with Crippen LogP contribution in [0.5, 0.6) is 0 Å². The van der Waals surface area contributed by atoms with Crippen molar-refractivity contribution in [3.8, 4) is 0 Å². The number of hydrogen-bond donors (Lipinski definition) is 2. The van der Waals surface area contributed by atoms with Crippen molar-refractivity contribution in [1.29, 1.82) is 0 Å². The van der Waals surface area contributed by atoms with Crippen LogP contribution in [0.3, 0.4) is 0 Å². The molecule has 0 aliphatic heterocycles. The molecule has 6 heteroatoms. The maximum atomic E-state index is 11.9. The number of carbonyl (C=O) groups excluding carboxylic acids is 2. The molecule has 0 saturated carbocycles. The Morgan fingerprint density at radius 1 is 1.20 bits per heavy atom. The van der Waals surface area contributed by atoms with Gasteiger partial charge in [-0.2, -0.15) is 0 Å². The van der Waals surface area contributed by atoms with Gasteiger partial charge >= 0.3 is 5.97 Å². The average Bonchev–Trinajstić information content (AvgIpc) is 2.49. The van der Waals surface area contributed by atoms with E-state index in [1.807, 2.05) is 0 Å². The highest BCUT2D eigenvalue weighted by atomic mass is 16.5. The van der Waals surface area contributed by atoms with Crippen LogP contribution in [-0.2, 0) is 4.74 Å². The number of rotatable bonds is 7. The molecule has 0 bridgehead atoms. The fraction of sp³-hybridized carbons (Fsp3) is 0.429. The van der Waals surface area contributed by atoms with E-state index >= 15 is 0 Å². The Bertz CT molecular complexity index is 470. The SMILES string of the molecule is CCC(CO)(CO)COC(=O)c1ccccc1C(=O)[O-]. The summed E-state index contributed by atoms with van der Waals surface area (Å²) < 4.78 is 5.01. The normalized spacial score (nSPS) is 11.2. The van der Waals surface area contributed by atoms with E-state index in [9.17, 15) is 24.9 Å². The van der Waals surface area contributed by atoms with Crippen LogP contribution in [0.15, 0.2) is 24.3 Å². The first-order valence-corrected chi connectivity index (χ1v) is 6.19. The minimum Gasteiger partial charge on any atom is -0.545 e. The van der Waals surface area contributed by atoms with E-state index in [2.05, 4.69) is 0 Å². The fourth-order valence-corrected chi connectivity index (χ4v) is 1.60. The molecule has 0 fully saturated rings. The zero-order chi connectivity index (χ0) is 15.2. The molecule has 6 nitrogen and oxygen atoms in total. The number of esters is 1. The summed E-state index contributed by atoms with van der Waals surface area (Å²) in [5, 5.41) is 29.4. The third-order valence-corrected chi connectivity index (χ3v) is 3.30. The molecule has 1 aromatic carbocycles. The van der Waals surface area contributed by atoms with E-state index in [-0.39, 0.29) is 30.9 Å². The van der Waals surface area contributed by atoms with Crippen molar-refractivity contribution >= 4 is 11.9 Å². The molecule has 20 heavy (non-hydrogen) atoms. The molecule has 0 radical (unpaired) electrons. The molecule has 0 aliphatic rings. The summed E-state index contributed by atoms with van der Waals surface area (Å²) in [6, 6.07) is 5.55. The van der Waals surface area contributed by atoms with Crippen LogP contribution in [0, 0.1) is 5.41 Å². The van der Waals surface area contributed by atoms with E-state index in [1.54, 1.807) is 6.92 Å². The Hall–Kier alpha value is -1.92. The molecular formula is C14H17O6-. The van der Waals surface area contributed by atoms with Gasteiger partial charge in [0, 0.05) is 5.56 Å². The molecule has 0 saturated heterocycles. The third-order valence-electron chi connectivity index (χ3n) is 3.30. The summed E-state index contributed by atoms with van der Waals surface area (Å²) in [6.07, 6.45) is 0.412. The molecule has 0 unspecified atom stereocenters. The lowest BCUT2D eigenvalue weighted by Gasteiger charge is -2.27. The Kier molecular flexibility index (Phi) is 5.66. The maximum Gasteiger partial charge on any atom is 0.338 e. The number of ether oxygens (including phenoxy) is 1. The molecule has 0 aromatic heterocycles. The largest absolute Gasteiger partial charge is 0.545 e. The standard InChI is InChI=1S/C14H18O6/c1-2-14(7-15,8-16)9-20-13(19)11-6-4-3-5-10(11)12(17)18/h3-6,15-16H,2,7-9H2,1H3,(H,17,18)/p-1. The van der Waals surface area contributed by atoms with Gasteiger partial charge in [0.15, 0.2) is 0 Å². The van der Waals surface area contributed by atoms with Gasteiger partial charge in [0.1, 0.15) is 6.61 Å². The lowest BCUT2D eigenvalue weighted by Crippen LogP contribution is -2.35. The zero-order valence-corrected chi connectivity index (χ0v) is 11.2. The van der Waals surface area contributed by atoms with Crippen molar-refractivity contribution < 1.29 is 29.6 Å². The molecule has 0 aliphatic carbocycles. The molecule has 1 aromatic rings. The third kappa shape index (κ3) is 3.55. The summed E-state index contributed by atoms with van der Waals surface area (Å²) in [6.45, 7) is 0.872. The van der Waals surface area contributed by atoms with Crippen molar-refractivity contribution in [2.45, 2.75) is 13.3 Å².